The lowest BCUT2D eigenvalue weighted by molar-refractivity contribution is 0.0240. The summed E-state index contributed by atoms with van der Waals surface area (Å²) in [7, 11) is 0. The second kappa shape index (κ2) is 7.23. The number of nitrogens with zero attached hydrogens (tertiary/aromatic N) is 3. The number of piperidine rings is 1. The zero-order valence-corrected chi connectivity index (χ0v) is 15.3. The van der Waals surface area contributed by atoms with E-state index in [0.717, 1.165) is 37.1 Å². The van der Waals surface area contributed by atoms with Crippen LogP contribution in [0, 0.1) is 5.92 Å². The summed E-state index contributed by atoms with van der Waals surface area (Å²) in [6.07, 6.45) is 5.28. The van der Waals surface area contributed by atoms with Crippen LogP contribution < -0.4 is 0 Å². The van der Waals surface area contributed by atoms with Crippen LogP contribution in [0.1, 0.15) is 53.7 Å². The summed E-state index contributed by atoms with van der Waals surface area (Å²) in [5, 5.41) is 15.1. The molecule has 0 unspecified atom stereocenters. The van der Waals surface area contributed by atoms with E-state index < -0.39 is 0 Å². The summed E-state index contributed by atoms with van der Waals surface area (Å²) in [6, 6.07) is 10.2. The number of aryl methyl sites for hydroxylation is 1. The normalized spacial score (nSPS) is 23.2. The molecule has 1 aliphatic heterocycles. The van der Waals surface area contributed by atoms with Crippen molar-refractivity contribution < 1.29 is 9.90 Å². The highest BCUT2D eigenvalue weighted by Crippen LogP contribution is 2.41. The molecule has 1 saturated carbocycles. The Morgan fingerprint density at radius 2 is 2.00 bits per heavy atom. The summed E-state index contributed by atoms with van der Waals surface area (Å²) in [4.78, 5) is 15.1. The zero-order valence-electron chi connectivity index (χ0n) is 15.3. The zero-order chi connectivity index (χ0) is 18.1. The van der Waals surface area contributed by atoms with E-state index in [-0.39, 0.29) is 17.9 Å². The number of hydrogen-bond donors (Lipinski definition) is 1. The molecule has 0 spiro atoms. The average molecular weight is 353 g/mol. The first-order valence-electron chi connectivity index (χ1n) is 9.74. The molecule has 138 valence electrons. The molecular weight excluding hydrogens is 326 g/mol. The average Bonchev–Trinajstić information content (AvgIpc) is 3.42. The van der Waals surface area contributed by atoms with Gasteiger partial charge in [-0.1, -0.05) is 30.3 Å². The van der Waals surface area contributed by atoms with Gasteiger partial charge in [0.25, 0.3) is 5.91 Å². The number of likely N-dealkylation sites (tertiary alicyclic amines) is 1. The lowest BCUT2D eigenvalue weighted by atomic mass is 9.88. The van der Waals surface area contributed by atoms with Gasteiger partial charge >= 0.3 is 0 Å². The number of aliphatic hydroxyl groups excluding tert-OH is 1. The van der Waals surface area contributed by atoms with E-state index in [0.29, 0.717) is 25.4 Å². The maximum atomic E-state index is 13.2. The topological polar surface area (TPSA) is 58.4 Å². The third kappa shape index (κ3) is 3.54. The highest BCUT2D eigenvalue weighted by molar-refractivity contribution is 5.95. The van der Waals surface area contributed by atoms with Gasteiger partial charge in [-0.3, -0.25) is 9.48 Å². The Bertz CT molecular complexity index is 767. The van der Waals surface area contributed by atoms with Crippen LogP contribution in [0.5, 0.6) is 0 Å². The number of amides is 1. The molecule has 2 heterocycles. The Morgan fingerprint density at radius 3 is 2.69 bits per heavy atom. The van der Waals surface area contributed by atoms with Crippen molar-refractivity contribution in [3.05, 3.63) is 53.3 Å². The fraction of sp³-hybridized carbons (Fsp3) is 0.524. The molecule has 1 aromatic carbocycles. The molecule has 1 aromatic heterocycles. The van der Waals surface area contributed by atoms with Crippen LogP contribution >= 0.6 is 0 Å². The van der Waals surface area contributed by atoms with E-state index in [9.17, 15) is 9.90 Å². The molecule has 1 aliphatic carbocycles. The predicted octanol–water partition coefficient (Wildman–Crippen LogP) is 2.85. The first kappa shape index (κ1) is 17.3. The van der Waals surface area contributed by atoms with Gasteiger partial charge in [-0.2, -0.15) is 5.10 Å². The van der Waals surface area contributed by atoms with Crippen LogP contribution in [0.25, 0.3) is 0 Å². The van der Waals surface area contributed by atoms with Gasteiger partial charge in [0.05, 0.1) is 17.4 Å². The minimum atomic E-state index is -0.347. The number of rotatable bonds is 5. The quantitative estimate of drug-likeness (QED) is 0.899. The molecule has 0 radical (unpaired) electrons. The fourth-order valence-corrected chi connectivity index (χ4v) is 3.91. The Kier molecular flexibility index (Phi) is 4.81. The standard InChI is InChI=1S/C21H27N3O2/c1-2-24-14-18(20(22-24)16-8-9-16)21(26)23-11-10-19(25)17(13-23)12-15-6-4-3-5-7-15/h3-7,14,16-17,19,25H,2,8-13H2,1H3/t17-,19+/m1/s1. The molecule has 4 rings (SSSR count). The first-order chi connectivity index (χ1) is 12.7. The summed E-state index contributed by atoms with van der Waals surface area (Å²) >= 11 is 0. The molecule has 2 aliphatic rings. The third-order valence-electron chi connectivity index (χ3n) is 5.63. The second-order valence-electron chi connectivity index (χ2n) is 7.61. The highest BCUT2D eigenvalue weighted by atomic mass is 16.3. The van der Waals surface area contributed by atoms with E-state index >= 15 is 0 Å². The van der Waals surface area contributed by atoms with Crippen LogP contribution in [0.4, 0.5) is 0 Å². The summed E-state index contributed by atoms with van der Waals surface area (Å²) < 4.78 is 1.88. The molecule has 5 heteroatoms. The molecule has 0 bridgehead atoms. The van der Waals surface area contributed by atoms with Gasteiger partial charge in [0.2, 0.25) is 0 Å². The number of benzene rings is 1. The van der Waals surface area contributed by atoms with E-state index in [2.05, 4.69) is 17.2 Å². The van der Waals surface area contributed by atoms with Crippen molar-refractivity contribution in [1.82, 2.24) is 14.7 Å². The Morgan fingerprint density at radius 1 is 1.23 bits per heavy atom. The van der Waals surface area contributed by atoms with Gasteiger partial charge in [-0.05, 0) is 38.2 Å². The maximum absolute atomic E-state index is 13.2. The summed E-state index contributed by atoms with van der Waals surface area (Å²) in [5.41, 5.74) is 2.95. The molecule has 2 fully saturated rings. The van der Waals surface area contributed by atoms with Crippen LogP contribution in [0.3, 0.4) is 0 Å². The number of carbonyl (C=O) groups is 1. The summed E-state index contributed by atoms with van der Waals surface area (Å²) in [5.74, 6) is 0.620. The molecule has 2 aromatic rings. The van der Waals surface area contributed by atoms with Crippen LogP contribution in [-0.4, -0.2) is 44.9 Å². The second-order valence-corrected chi connectivity index (χ2v) is 7.61. The van der Waals surface area contributed by atoms with Crippen molar-refractivity contribution in [3.63, 3.8) is 0 Å². The molecule has 1 saturated heterocycles. The van der Waals surface area contributed by atoms with Gasteiger partial charge in [0.1, 0.15) is 0 Å². The Balaban J connectivity index is 1.50. The number of aromatic nitrogens is 2. The van der Waals surface area contributed by atoms with E-state index in [1.165, 1.54) is 5.56 Å². The lowest BCUT2D eigenvalue weighted by Crippen LogP contribution is -2.46. The van der Waals surface area contributed by atoms with Crippen molar-refractivity contribution in [2.45, 2.75) is 51.2 Å². The number of carbonyl (C=O) groups excluding carboxylic acids is 1. The number of aliphatic hydroxyl groups is 1. The molecular formula is C21H27N3O2. The minimum Gasteiger partial charge on any atom is -0.393 e. The Labute approximate surface area is 154 Å². The molecule has 1 amide bonds. The lowest BCUT2D eigenvalue weighted by Gasteiger charge is -2.36. The SMILES string of the molecule is CCn1cc(C(=O)N2CC[C@H](O)[C@H](Cc3ccccc3)C2)c(C2CC2)n1. The van der Waals surface area contributed by atoms with Crippen molar-refractivity contribution in [1.29, 1.82) is 0 Å². The van der Waals surface area contributed by atoms with Crippen molar-refractivity contribution in [2.75, 3.05) is 13.1 Å². The monoisotopic (exact) mass is 353 g/mol. The molecule has 2 atom stereocenters. The molecule has 1 N–H and O–H groups in total. The molecule has 26 heavy (non-hydrogen) atoms. The van der Waals surface area contributed by atoms with Gasteiger partial charge in [0.15, 0.2) is 0 Å². The predicted molar refractivity (Wildman–Crippen MR) is 100 cm³/mol. The Hall–Kier alpha value is -2.14. The van der Waals surface area contributed by atoms with Crippen LogP contribution in [0.2, 0.25) is 0 Å². The minimum absolute atomic E-state index is 0.0801. The third-order valence-corrected chi connectivity index (χ3v) is 5.63. The maximum Gasteiger partial charge on any atom is 0.257 e. The smallest absolute Gasteiger partial charge is 0.257 e. The first-order valence-corrected chi connectivity index (χ1v) is 9.74. The highest BCUT2D eigenvalue weighted by Gasteiger charge is 2.35. The van der Waals surface area contributed by atoms with Gasteiger partial charge < -0.3 is 10.0 Å². The van der Waals surface area contributed by atoms with E-state index in [1.807, 2.05) is 40.9 Å². The van der Waals surface area contributed by atoms with Crippen molar-refractivity contribution >= 4 is 5.91 Å². The van der Waals surface area contributed by atoms with Crippen molar-refractivity contribution in [3.8, 4) is 0 Å². The fourth-order valence-electron chi connectivity index (χ4n) is 3.91. The van der Waals surface area contributed by atoms with Crippen LogP contribution in [-0.2, 0) is 13.0 Å². The van der Waals surface area contributed by atoms with Crippen molar-refractivity contribution in [2.24, 2.45) is 5.92 Å². The van der Waals surface area contributed by atoms with Gasteiger partial charge in [0, 0.05) is 37.7 Å². The van der Waals surface area contributed by atoms with E-state index in [1.54, 1.807) is 0 Å². The molecule has 5 nitrogen and oxygen atoms in total. The number of hydrogen-bond acceptors (Lipinski definition) is 3. The van der Waals surface area contributed by atoms with Gasteiger partial charge in [-0.25, -0.2) is 0 Å². The van der Waals surface area contributed by atoms with E-state index in [4.69, 9.17) is 0 Å². The van der Waals surface area contributed by atoms with Gasteiger partial charge in [-0.15, -0.1) is 0 Å². The van der Waals surface area contributed by atoms with Crippen LogP contribution in [0.15, 0.2) is 36.5 Å². The largest absolute Gasteiger partial charge is 0.393 e. The summed E-state index contributed by atoms with van der Waals surface area (Å²) in [6.45, 7) is 4.05.